The molecule has 0 spiro atoms. The highest BCUT2D eigenvalue weighted by atomic mass is 35.5. The number of ether oxygens (including phenoxy) is 2. The molecule has 2 N–H and O–H groups in total. The van der Waals surface area contributed by atoms with E-state index in [1.54, 1.807) is 30.5 Å². The predicted octanol–water partition coefficient (Wildman–Crippen LogP) is 4.47. The molecular formula is C22H21ClN4O4S. The molecule has 0 radical (unpaired) electrons. The van der Waals surface area contributed by atoms with E-state index in [0.29, 0.717) is 53.5 Å². The van der Waals surface area contributed by atoms with E-state index in [4.69, 9.17) is 21.1 Å². The van der Waals surface area contributed by atoms with Crippen LogP contribution in [0.25, 0.3) is 21.8 Å². The number of aromatic nitrogens is 3. The van der Waals surface area contributed by atoms with Gasteiger partial charge in [0.2, 0.25) is 0 Å². The number of para-hydroxylation sites is 1. The molecule has 1 fully saturated rings. The maximum absolute atomic E-state index is 13.4. The third-order valence-corrected chi connectivity index (χ3v) is 8.34. The zero-order chi connectivity index (χ0) is 22.3. The molecule has 0 bridgehead atoms. The van der Waals surface area contributed by atoms with Crippen LogP contribution in [0.15, 0.2) is 47.5 Å². The van der Waals surface area contributed by atoms with Gasteiger partial charge in [-0.05, 0) is 37.1 Å². The van der Waals surface area contributed by atoms with E-state index in [-0.39, 0.29) is 10.6 Å². The third-order valence-electron chi connectivity index (χ3n) is 5.74. The number of hydrogen-bond donors (Lipinski definition) is 2. The van der Waals surface area contributed by atoms with Crippen LogP contribution in [0, 0.1) is 0 Å². The Balaban J connectivity index is 1.63. The Morgan fingerprint density at radius 1 is 1.19 bits per heavy atom. The van der Waals surface area contributed by atoms with Gasteiger partial charge in [0, 0.05) is 36.2 Å². The quantitative estimate of drug-likeness (QED) is 0.441. The number of sulfone groups is 1. The number of nitrogens with one attached hydrogen (secondary N) is 2. The van der Waals surface area contributed by atoms with Gasteiger partial charge in [0.25, 0.3) is 0 Å². The van der Waals surface area contributed by atoms with Crippen LogP contribution < -0.4 is 10.1 Å². The van der Waals surface area contributed by atoms with Crippen molar-refractivity contribution in [3.05, 3.63) is 47.6 Å². The highest BCUT2D eigenvalue weighted by molar-refractivity contribution is 7.92. The SMILES string of the molecule is COc1cc2nccc(Nc3n[nH]c4c(Cl)cccc34)c2cc1S(=O)(=O)C1CCOCC1. The number of nitrogens with zero attached hydrogens (tertiary/aromatic N) is 2. The van der Waals surface area contributed by atoms with Crippen LogP contribution in [-0.2, 0) is 14.6 Å². The van der Waals surface area contributed by atoms with Crippen molar-refractivity contribution in [1.29, 1.82) is 0 Å². The molecule has 0 unspecified atom stereocenters. The number of fused-ring (bicyclic) bond motifs is 2. The van der Waals surface area contributed by atoms with E-state index in [2.05, 4.69) is 20.5 Å². The second-order valence-corrected chi connectivity index (χ2v) is 10.2. The largest absolute Gasteiger partial charge is 0.495 e. The molecule has 166 valence electrons. The molecule has 32 heavy (non-hydrogen) atoms. The summed E-state index contributed by atoms with van der Waals surface area (Å²) in [5.74, 6) is 0.866. The summed E-state index contributed by atoms with van der Waals surface area (Å²) >= 11 is 6.25. The number of halogens is 1. The van der Waals surface area contributed by atoms with Crippen molar-refractivity contribution < 1.29 is 17.9 Å². The molecule has 1 aliphatic heterocycles. The molecule has 4 aromatic rings. The van der Waals surface area contributed by atoms with Crippen LogP contribution in [0.5, 0.6) is 5.75 Å². The second-order valence-electron chi connectivity index (χ2n) is 7.60. The molecule has 5 rings (SSSR count). The maximum Gasteiger partial charge on any atom is 0.185 e. The normalized spacial score (nSPS) is 15.3. The number of methoxy groups -OCH3 is 1. The molecule has 3 heterocycles. The summed E-state index contributed by atoms with van der Waals surface area (Å²) in [5, 5.41) is 12.1. The van der Waals surface area contributed by atoms with Crippen molar-refractivity contribution >= 4 is 54.7 Å². The number of pyridine rings is 1. The first-order valence-electron chi connectivity index (χ1n) is 10.2. The first-order valence-corrected chi connectivity index (χ1v) is 12.1. The molecule has 10 heteroatoms. The van der Waals surface area contributed by atoms with Gasteiger partial charge >= 0.3 is 0 Å². The average molecular weight is 473 g/mol. The minimum absolute atomic E-state index is 0.158. The predicted molar refractivity (Wildman–Crippen MR) is 124 cm³/mol. The van der Waals surface area contributed by atoms with Crippen molar-refractivity contribution in [1.82, 2.24) is 15.2 Å². The molecule has 1 saturated heterocycles. The first kappa shape index (κ1) is 21.0. The monoisotopic (exact) mass is 472 g/mol. The lowest BCUT2D eigenvalue weighted by Crippen LogP contribution is -2.29. The Hall–Kier alpha value is -2.88. The van der Waals surface area contributed by atoms with Gasteiger partial charge in [-0.15, -0.1) is 0 Å². The Morgan fingerprint density at radius 3 is 2.78 bits per heavy atom. The number of H-pyrrole nitrogens is 1. The fraction of sp³-hybridized carbons (Fsp3) is 0.273. The summed E-state index contributed by atoms with van der Waals surface area (Å²) in [5.41, 5.74) is 2.00. The lowest BCUT2D eigenvalue weighted by molar-refractivity contribution is 0.0983. The standard InChI is InChI=1S/C22H21ClN4O4S/c1-30-19-12-18-15(11-20(19)32(28,29)13-6-9-31-10-7-13)17(5-8-24-18)25-22-14-3-2-4-16(23)21(14)26-27-22/h2-5,8,11-13H,6-7,9-10H2,1H3,(H2,24,25,26,27). The number of benzene rings is 2. The summed E-state index contributed by atoms with van der Waals surface area (Å²) < 4.78 is 37.7. The van der Waals surface area contributed by atoms with Gasteiger partial charge in [-0.1, -0.05) is 17.7 Å². The molecule has 0 saturated carbocycles. The zero-order valence-electron chi connectivity index (χ0n) is 17.3. The molecule has 0 amide bonds. The Kier molecular flexibility index (Phi) is 5.40. The van der Waals surface area contributed by atoms with E-state index in [0.717, 1.165) is 10.9 Å². The summed E-state index contributed by atoms with van der Waals surface area (Å²) in [6, 6.07) is 10.6. The molecule has 0 aliphatic carbocycles. The van der Waals surface area contributed by atoms with Crippen LogP contribution in [0.3, 0.4) is 0 Å². The summed E-state index contributed by atoms with van der Waals surface area (Å²) in [6.45, 7) is 0.867. The molecule has 1 aliphatic rings. The fourth-order valence-corrected chi connectivity index (χ4v) is 6.13. The highest BCUT2D eigenvalue weighted by Crippen LogP contribution is 2.37. The fourth-order valence-electron chi connectivity index (χ4n) is 4.04. The smallest absolute Gasteiger partial charge is 0.185 e. The van der Waals surface area contributed by atoms with Gasteiger partial charge in [-0.25, -0.2) is 8.42 Å². The average Bonchev–Trinajstić information content (AvgIpc) is 3.23. The van der Waals surface area contributed by atoms with Crippen LogP contribution in [0.2, 0.25) is 5.02 Å². The van der Waals surface area contributed by atoms with Crippen LogP contribution in [0.1, 0.15) is 12.8 Å². The van der Waals surface area contributed by atoms with Crippen molar-refractivity contribution in [2.45, 2.75) is 23.0 Å². The van der Waals surface area contributed by atoms with Gasteiger partial charge in [-0.2, -0.15) is 5.10 Å². The van der Waals surface area contributed by atoms with Crippen LogP contribution >= 0.6 is 11.6 Å². The first-order chi connectivity index (χ1) is 15.5. The molecule has 2 aromatic heterocycles. The Bertz CT molecular complexity index is 1410. The Labute approximate surface area is 189 Å². The topological polar surface area (TPSA) is 106 Å². The van der Waals surface area contributed by atoms with Crippen molar-refractivity contribution in [3.8, 4) is 5.75 Å². The van der Waals surface area contributed by atoms with Gasteiger partial charge in [0.05, 0.1) is 34.1 Å². The maximum atomic E-state index is 13.4. The van der Waals surface area contributed by atoms with Crippen LogP contribution in [0.4, 0.5) is 11.5 Å². The number of anilines is 2. The summed E-state index contributed by atoms with van der Waals surface area (Å²) in [6.07, 6.45) is 2.57. The summed E-state index contributed by atoms with van der Waals surface area (Å²) in [7, 11) is -2.15. The number of hydrogen-bond acceptors (Lipinski definition) is 7. The summed E-state index contributed by atoms with van der Waals surface area (Å²) in [4.78, 5) is 4.57. The van der Waals surface area contributed by atoms with Gasteiger partial charge in [0.15, 0.2) is 15.7 Å². The number of rotatable bonds is 5. The minimum atomic E-state index is -3.62. The second kappa shape index (κ2) is 8.23. The highest BCUT2D eigenvalue weighted by Gasteiger charge is 2.32. The molecule has 0 atom stereocenters. The van der Waals surface area contributed by atoms with Crippen molar-refractivity contribution in [3.63, 3.8) is 0 Å². The van der Waals surface area contributed by atoms with E-state index >= 15 is 0 Å². The van der Waals surface area contributed by atoms with E-state index in [9.17, 15) is 8.42 Å². The van der Waals surface area contributed by atoms with Crippen molar-refractivity contribution in [2.75, 3.05) is 25.6 Å². The van der Waals surface area contributed by atoms with Gasteiger partial charge in [0.1, 0.15) is 10.6 Å². The third kappa shape index (κ3) is 3.56. The van der Waals surface area contributed by atoms with E-state index in [1.165, 1.54) is 7.11 Å². The zero-order valence-corrected chi connectivity index (χ0v) is 18.8. The number of aromatic amines is 1. The van der Waals surface area contributed by atoms with Gasteiger partial charge < -0.3 is 14.8 Å². The molecular weight excluding hydrogens is 452 g/mol. The van der Waals surface area contributed by atoms with Crippen molar-refractivity contribution in [2.24, 2.45) is 0 Å². The molecule has 8 nitrogen and oxygen atoms in total. The van der Waals surface area contributed by atoms with Crippen LogP contribution in [-0.4, -0.2) is 49.2 Å². The minimum Gasteiger partial charge on any atom is -0.495 e. The lowest BCUT2D eigenvalue weighted by atomic mass is 10.1. The van der Waals surface area contributed by atoms with E-state index in [1.807, 2.05) is 12.1 Å². The molecule has 2 aromatic carbocycles. The Morgan fingerprint density at radius 2 is 2.00 bits per heavy atom. The van der Waals surface area contributed by atoms with Gasteiger partial charge in [-0.3, -0.25) is 10.1 Å². The van der Waals surface area contributed by atoms with E-state index < -0.39 is 15.1 Å². The lowest BCUT2D eigenvalue weighted by Gasteiger charge is -2.23.